The van der Waals surface area contributed by atoms with Crippen LogP contribution < -0.4 is 15.8 Å². The molecule has 1 saturated carbocycles. The minimum atomic E-state index is -0.365. The molecular formula is C13H17FN2O2. The van der Waals surface area contributed by atoms with E-state index in [-0.39, 0.29) is 23.9 Å². The molecule has 4 nitrogen and oxygen atoms in total. The number of nitrogens with two attached hydrogens (primary N) is 1. The van der Waals surface area contributed by atoms with Gasteiger partial charge in [0, 0.05) is 25.5 Å². The summed E-state index contributed by atoms with van der Waals surface area (Å²) < 4.78 is 18.8. The highest BCUT2D eigenvalue weighted by atomic mass is 19.1. The molecular weight excluding hydrogens is 235 g/mol. The molecule has 2 atom stereocenters. The first kappa shape index (κ1) is 12.7. The fraction of sp³-hybridized carbons (Fsp3) is 0.462. The summed E-state index contributed by atoms with van der Waals surface area (Å²) in [6.45, 7) is 1.50. The second kappa shape index (κ2) is 5.25. The Kier molecular flexibility index (Phi) is 3.69. The molecule has 0 saturated heterocycles. The molecule has 0 aromatic heterocycles. The first-order chi connectivity index (χ1) is 8.54. The number of carbonyl (C=O) groups excluding carboxylic acids is 1. The zero-order valence-electron chi connectivity index (χ0n) is 10.3. The predicted molar refractivity (Wildman–Crippen MR) is 66.7 cm³/mol. The highest BCUT2D eigenvalue weighted by molar-refractivity contribution is 5.73. The molecule has 5 heteroatoms. The number of anilines is 1. The number of halogens is 1. The molecule has 1 fully saturated rings. The molecule has 2 rings (SSSR count). The number of rotatable bonds is 3. The monoisotopic (exact) mass is 252 g/mol. The van der Waals surface area contributed by atoms with E-state index < -0.39 is 0 Å². The van der Waals surface area contributed by atoms with E-state index in [1.165, 1.54) is 25.1 Å². The van der Waals surface area contributed by atoms with Crippen LogP contribution in [0.4, 0.5) is 10.1 Å². The lowest BCUT2D eigenvalue weighted by Crippen LogP contribution is -2.31. The summed E-state index contributed by atoms with van der Waals surface area (Å²) in [5, 5.41) is 2.86. The lowest BCUT2D eigenvalue weighted by Gasteiger charge is -2.16. The van der Waals surface area contributed by atoms with Crippen LogP contribution in [0.1, 0.15) is 26.2 Å². The lowest BCUT2D eigenvalue weighted by atomic mass is 10.2. The van der Waals surface area contributed by atoms with Crippen molar-refractivity contribution in [3.05, 3.63) is 24.0 Å². The van der Waals surface area contributed by atoms with Crippen molar-refractivity contribution in [3.63, 3.8) is 0 Å². The van der Waals surface area contributed by atoms with Crippen LogP contribution in [0.15, 0.2) is 18.2 Å². The summed E-state index contributed by atoms with van der Waals surface area (Å²) in [6.07, 6.45) is 2.42. The zero-order valence-corrected chi connectivity index (χ0v) is 10.3. The number of hydrogen-bond donors (Lipinski definition) is 2. The molecule has 0 bridgehead atoms. The molecule has 18 heavy (non-hydrogen) atoms. The van der Waals surface area contributed by atoms with E-state index in [1.807, 2.05) is 0 Å². The Labute approximate surface area is 105 Å². The summed E-state index contributed by atoms with van der Waals surface area (Å²) in [7, 11) is 0. The van der Waals surface area contributed by atoms with Gasteiger partial charge in [-0.2, -0.15) is 0 Å². The highest BCUT2D eigenvalue weighted by Crippen LogP contribution is 2.28. The first-order valence-corrected chi connectivity index (χ1v) is 6.03. The Morgan fingerprint density at radius 2 is 2.28 bits per heavy atom. The van der Waals surface area contributed by atoms with E-state index >= 15 is 0 Å². The molecule has 0 spiro atoms. The van der Waals surface area contributed by atoms with Gasteiger partial charge in [-0.3, -0.25) is 4.79 Å². The molecule has 98 valence electrons. The van der Waals surface area contributed by atoms with Crippen LogP contribution >= 0.6 is 0 Å². The molecule has 1 aliphatic carbocycles. The third kappa shape index (κ3) is 3.12. The van der Waals surface area contributed by atoms with Gasteiger partial charge in [0.25, 0.3) is 0 Å². The van der Waals surface area contributed by atoms with Crippen LogP contribution in [0.5, 0.6) is 5.75 Å². The van der Waals surface area contributed by atoms with E-state index in [1.54, 1.807) is 0 Å². The second-order valence-corrected chi connectivity index (χ2v) is 4.63. The van der Waals surface area contributed by atoms with Crippen molar-refractivity contribution in [2.45, 2.75) is 38.3 Å². The van der Waals surface area contributed by atoms with Crippen LogP contribution in [0.3, 0.4) is 0 Å². The quantitative estimate of drug-likeness (QED) is 0.807. The van der Waals surface area contributed by atoms with Gasteiger partial charge in [-0.1, -0.05) is 0 Å². The maximum atomic E-state index is 13.1. The number of carbonyl (C=O) groups is 1. The Hall–Kier alpha value is -1.78. The molecule has 2 unspecified atom stereocenters. The average molecular weight is 252 g/mol. The molecule has 1 amide bonds. The average Bonchev–Trinajstić information content (AvgIpc) is 2.70. The van der Waals surface area contributed by atoms with Gasteiger partial charge in [0.1, 0.15) is 17.7 Å². The third-order valence-electron chi connectivity index (χ3n) is 3.06. The first-order valence-electron chi connectivity index (χ1n) is 6.03. The lowest BCUT2D eigenvalue weighted by molar-refractivity contribution is -0.119. The van der Waals surface area contributed by atoms with Crippen molar-refractivity contribution in [1.29, 1.82) is 0 Å². The number of nitrogen functional groups attached to an aromatic ring is 1. The van der Waals surface area contributed by atoms with E-state index in [9.17, 15) is 9.18 Å². The maximum absolute atomic E-state index is 13.1. The Morgan fingerprint density at radius 1 is 1.50 bits per heavy atom. The number of benzene rings is 1. The highest BCUT2D eigenvalue weighted by Gasteiger charge is 2.27. The Morgan fingerprint density at radius 3 is 3.00 bits per heavy atom. The molecule has 1 aliphatic rings. The van der Waals surface area contributed by atoms with Crippen LogP contribution in [0.2, 0.25) is 0 Å². The normalized spacial score (nSPS) is 22.8. The van der Waals surface area contributed by atoms with Crippen molar-refractivity contribution >= 4 is 11.6 Å². The van der Waals surface area contributed by atoms with Gasteiger partial charge in [0.2, 0.25) is 5.91 Å². The minimum Gasteiger partial charge on any atom is -0.488 e. The summed E-state index contributed by atoms with van der Waals surface area (Å²) >= 11 is 0. The van der Waals surface area contributed by atoms with Gasteiger partial charge < -0.3 is 15.8 Å². The van der Waals surface area contributed by atoms with E-state index in [0.717, 1.165) is 19.3 Å². The predicted octanol–water partition coefficient (Wildman–Crippen LogP) is 1.84. The largest absolute Gasteiger partial charge is 0.488 e. The molecule has 1 aromatic carbocycles. The second-order valence-electron chi connectivity index (χ2n) is 4.63. The summed E-state index contributed by atoms with van der Waals surface area (Å²) in [5.41, 5.74) is 6.15. The molecule has 1 aromatic rings. The van der Waals surface area contributed by atoms with Crippen LogP contribution in [0.25, 0.3) is 0 Å². The van der Waals surface area contributed by atoms with Crippen LogP contribution in [-0.4, -0.2) is 18.1 Å². The number of hydrogen-bond acceptors (Lipinski definition) is 3. The van der Waals surface area contributed by atoms with E-state index in [0.29, 0.717) is 11.4 Å². The molecule has 0 aliphatic heterocycles. The smallest absolute Gasteiger partial charge is 0.217 e. The van der Waals surface area contributed by atoms with Gasteiger partial charge in [-0.25, -0.2) is 4.39 Å². The fourth-order valence-corrected chi connectivity index (χ4v) is 2.26. The fourth-order valence-electron chi connectivity index (χ4n) is 2.26. The summed E-state index contributed by atoms with van der Waals surface area (Å²) in [5.74, 6) is -0.0231. The molecule has 3 N–H and O–H groups in total. The summed E-state index contributed by atoms with van der Waals surface area (Å²) in [4.78, 5) is 10.9. The summed E-state index contributed by atoms with van der Waals surface area (Å²) in [6, 6.07) is 4.23. The van der Waals surface area contributed by atoms with Gasteiger partial charge in [0.05, 0.1) is 5.69 Å². The van der Waals surface area contributed by atoms with Crippen molar-refractivity contribution < 1.29 is 13.9 Å². The van der Waals surface area contributed by atoms with Crippen molar-refractivity contribution in [1.82, 2.24) is 5.32 Å². The molecule has 0 heterocycles. The minimum absolute atomic E-state index is 0.0223. The SMILES string of the molecule is CC(=O)NC1CCC(Oc2cc(F)ccc2N)C1. The Balaban J connectivity index is 1.95. The number of amides is 1. The van der Waals surface area contributed by atoms with Gasteiger partial charge in [-0.15, -0.1) is 0 Å². The van der Waals surface area contributed by atoms with E-state index in [2.05, 4.69) is 5.32 Å². The van der Waals surface area contributed by atoms with Crippen molar-refractivity contribution in [2.24, 2.45) is 0 Å². The van der Waals surface area contributed by atoms with Gasteiger partial charge in [0.15, 0.2) is 0 Å². The van der Waals surface area contributed by atoms with Crippen LogP contribution in [-0.2, 0) is 4.79 Å². The number of nitrogens with one attached hydrogen (secondary N) is 1. The van der Waals surface area contributed by atoms with Crippen molar-refractivity contribution in [3.8, 4) is 5.75 Å². The molecule has 0 radical (unpaired) electrons. The van der Waals surface area contributed by atoms with Gasteiger partial charge >= 0.3 is 0 Å². The van der Waals surface area contributed by atoms with Gasteiger partial charge in [-0.05, 0) is 25.0 Å². The van der Waals surface area contributed by atoms with Crippen molar-refractivity contribution in [2.75, 3.05) is 5.73 Å². The topological polar surface area (TPSA) is 64.3 Å². The van der Waals surface area contributed by atoms with E-state index in [4.69, 9.17) is 10.5 Å². The standard InChI is InChI=1S/C13H17FN2O2/c1-8(17)16-10-3-4-11(7-10)18-13-6-9(14)2-5-12(13)15/h2,5-6,10-11H,3-4,7,15H2,1H3,(H,16,17). The number of ether oxygens (including phenoxy) is 1. The Bertz CT molecular complexity index is 451. The van der Waals surface area contributed by atoms with Crippen LogP contribution in [0, 0.1) is 5.82 Å². The third-order valence-corrected chi connectivity index (χ3v) is 3.06. The zero-order chi connectivity index (χ0) is 13.1. The maximum Gasteiger partial charge on any atom is 0.217 e.